The van der Waals surface area contributed by atoms with Crippen LogP contribution < -0.4 is 4.74 Å². The summed E-state index contributed by atoms with van der Waals surface area (Å²) < 4.78 is 20.2. The summed E-state index contributed by atoms with van der Waals surface area (Å²) in [6.45, 7) is 3.29. The van der Waals surface area contributed by atoms with Gasteiger partial charge in [0.1, 0.15) is 23.7 Å². The lowest BCUT2D eigenvalue weighted by Gasteiger charge is -2.06. The first-order valence-corrected chi connectivity index (χ1v) is 7.63. The number of esters is 2. The third-order valence-corrected chi connectivity index (χ3v) is 3.41. The number of aryl methyl sites for hydroxylation is 1. The van der Waals surface area contributed by atoms with Crippen LogP contribution in [0.3, 0.4) is 0 Å². The van der Waals surface area contributed by atoms with Gasteiger partial charge in [0.15, 0.2) is 5.75 Å². The minimum absolute atomic E-state index is 0.00313. The smallest absolute Gasteiger partial charge is 0.341 e. The van der Waals surface area contributed by atoms with Crippen LogP contribution in [0.2, 0.25) is 0 Å². The molecule has 0 aliphatic heterocycles. The Bertz CT molecular complexity index is 839. The molecule has 0 unspecified atom stereocenters. The molecule has 2 aromatic rings. The third kappa shape index (κ3) is 4.18. The van der Waals surface area contributed by atoms with E-state index in [9.17, 15) is 19.7 Å². The van der Waals surface area contributed by atoms with Crippen molar-refractivity contribution in [2.45, 2.75) is 20.5 Å². The van der Waals surface area contributed by atoms with Crippen molar-refractivity contribution in [2.24, 2.45) is 0 Å². The van der Waals surface area contributed by atoms with Crippen molar-refractivity contribution in [3.8, 4) is 5.75 Å². The van der Waals surface area contributed by atoms with Gasteiger partial charge >= 0.3 is 17.6 Å². The highest BCUT2D eigenvalue weighted by Gasteiger charge is 2.20. The molecular weight excluding hydrogens is 346 g/mol. The van der Waals surface area contributed by atoms with Crippen molar-refractivity contribution >= 4 is 17.6 Å². The van der Waals surface area contributed by atoms with Crippen molar-refractivity contribution in [3.05, 3.63) is 57.0 Å². The average Bonchev–Trinajstić information content (AvgIpc) is 3.00. The molecule has 26 heavy (non-hydrogen) atoms. The molecule has 1 heterocycles. The second-order valence-electron chi connectivity index (χ2n) is 5.12. The number of nitro benzene ring substituents is 1. The van der Waals surface area contributed by atoms with E-state index in [0.29, 0.717) is 5.76 Å². The quantitative estimate of drug-likeness (QED) is 0.418. The zero-order valence-electron chi connectivity index (χ0n) is 14.4. The van der Waals surface area contributed by atoms with E-state index in [0.717, 1.165) is 6.07 Å². The number of methoxy groups -OCH3 is 1. The molecular formula is C17H17NO8. The number of rotatable bonds is 7. The maximum Gasteiger partial charge on any atom is 0.341 e. The molecule has 0 amide bonds. The number of carbonyl (C=O) groups is 2. The zero-order chi connectivity index (χ0) is 19.3. The molecule has 1 aromatic carbocycles. The zero-order valence-corrected chi connectivity index (χ0v) is 14.4. The van der Waals surface area contributed by atoms with Crippen molar-refractivity contribution in [2.75, 3.05) is 13.7 Å². The molecule has 0 atom stereocenters. The van der Waals surface area contributed by atoms with E-state index in [1.807, 2.05) is 0 Å². The largest absolute Gasteiger partial charge is 0.487 e. The number of carbonyl (C=O) groups excluding carboxylic acids is 2. The maximum atomic E-state index is 12.1. The summed E-state index contributed by atoms with van der Waals surface area (Å²) in [5.41, 5.74) is -0.102. The number of nitro groups is 1. The van der Waals surface area contributed by atoms with Crippen LogP contribution in [0.15, 0.2) is 28.7 Å². The van der Waals surface area contributed by atoms with Gasteiger partial charge in [-0.3, -0.25) is 10.1 Å². The SMILES string of the molecule is CCOc1ccc(C(=O)OCc2cc(C(=O)OC)c(C)o2)cc1[N+](=O)[O-]. The number of benzene rings is 1. The number of furan rings is 1. The average molecular weight is 363 g/mol. The van der Waals surface area contributed by atoms with E-state index in [1.165, 1.54) is 25.3 Å². The van der Waals surface area contributed by atoms with Crippen LogP contribution >= 0.6 is 0 Å². The molecule has 0 spiro atoms. The molecule has 0 saturated heterocycles. The summed E-state index contributed by atoms with van der Waals surface area (Å²) in [5, 5.41) is 11.1. The van der Waals surface area contributed by atoms with Gasteiger partial charge < -0.3 is 18.6 Å². The molecule has 0 fully saturated rings. The molecule has 0 saturated carbocycles. The molecule has 138 valence electrons. The predicted octanol–water partition coefficient (Wildman–Crippen LogP) is 3.04. The van der Waals surface area contributed by atoms with Gasteiger partial charge in [-0.15, -0.1) is 0 Å². The monoisotopic (exact) mass is 363 g/mol. The summed E-state index contributed by atoms with van der Waals surface area (Å²) in [4.78, 5) is 34.1. The van der Waals surface area contributed by atoms with Gasteiger partial charge in [-0.1, -0.05) is 0 Å². The second kappa shape index (κ2) is 8.15. The number of ether oxygens (including phenoxy) is 3. The Morgan fingerprint density at radius 2 is 1.96 bits per heavy atom. The van der Waals surface area contributed by atoms with Crippen LogP contribution in [0.25, 0.3) is 0 Å². The topological polar surface area (TPSA) is 118 Å². The van der Waals surface area contributed by atoms with Crippen molar-refractivity contribution < 1.29 is 33.1 Å². The number of hydrogen-bond acceptors (Lipinski definition) is 8. The highest BCUT2D eigenvalue weighted by molar-refractivity contribution is 5.91. The van der Waals surface area contributed by atoms with E-state index in [4.69, 9.17) is 13.9 Å². The molecule has 0 aliphatic carbocycles. The Hall–Kier alpha value is -3.36. The number of hydrogen-bond donors (Lipinski definition) is 0. The molecule has 0 N–H and O–H groups in total. The first kappa shape index (κ1) is 19.0. The Labute approximate surface area is 148 Å². The fraction of sp³-hybridized carbons (Fsp3) is 0.294. The van der Waals surface area contributed by atoms with Gasteiger partial charge in [0, 0.05) is 6.07 Å². The summed E-state index contributed by atoms with van der Waals surface area (Å²) in [6.07, 6.45) is 0. The van der Waals surface area contributed by atoms with Gasteiger partial charge in [0.05, 0.1) is 24.2 Å². The molecule has 0 aliphatic rings. The summed E-state index contributed by atoms with van der Waals surface area (Å²) >= 11 is 0. The van der Waals surface area contributed by atoms with Crippen molar-refractivity contribution in [1.82, 2.24) is 0 Å². The second-order valence-corrected chi connectivity index (χ2v) is 5.12. The van der Waals surface area contributed by atoms with E-state index in [-0.39, 0.29) is 41.5 Å². The number of nitrogens with zero attached hydrogens (tertiary/aromatic N) is 1. The fourth-order valence-electron chi connectivity index (χ4n) is 2.21. The van der Waals surface area contributed by atoms with Crippen LogP contribution in [-0.4, -0.2) is 30.6 Å². The summed E-state index contributed by atoms with van der Waals surface area (Å²) in [7, 11) is 1.24. The fourth-order valence-corrected chi connectivity index (χ4v) is 2.21. The lowest BCUT2D eigenvalue weighted by Crippen LogP contribution is -2.06. The van der Waals surface area contributed by atoms with Gasteiger partial charge in [-0.25, -0.2) is 9.59 Å². The lowest BCUT2D eigenvalue weighted by atomic mass is 10.2. The first-order chi connectivity index (χ1) is 12.4. The van der Waals surface area contributed by atoms with Crippen molar-refractivity contribution in [1.29, 1.82) is 0 Å². The molecule has 1 aromatic heterocycles. The highest BCUT2D eigenvalue weighted by Crippen LogP contribution is 2.28. The van der Waals surface area contributed by atoms with Gasteiger partial charge in [-0.05, 0) is 32.0 Å². The van der Waals surface area contributed by atoms with Crippen LogP contribution in [0, 0.1) is 17.0 Å². The molecule has 2 rings (SSSR count). The molecule has 9 nitrogen and oxygen atoms in total. The van der Waals surface area contributed by atoms with E-state index < -0.39 is 16.9 Å². The normalized spacial score (nSPS) is 10.3. The Morgan fingerprint density at radius 1 is 1.23 bits per heavy atom. The van der Waals surface area contributed by atoms with Gasteiger partial charge in [0.25, 0.3) is 0 Å². The highest BCUT2D eigenvalue weighted by atomic mass is 16.6. The minimum atomic E-state index is -0.773. The van der Waals surface area contributed by atoms with Crippen LogP contribution in [-0.2, 0) is 16.1 Å². The van der Waals surface area contributed by atoms with Crippen molar-refractivity contribution in [3.63, 3.8) is 0 Å². The standard InChI is InChI=1S/C17H17NO8/c1-4-24-15-6-5-11(7-14(15)18(21)22)16(19)25-9-12-8-13(10(2)26-12)17(20)23-3/h5-8H,4,9H2,1-3H3. The predicted molar refractivity (Wildman–Crippen MR) is 88.2 cm³/mol. The molecule has 9 heteroatoms. The molecule has 0 bridgehead atoms. The third-order valence-electron chi connectivity index (χ3n) is 3.41. The van der Waals surface area contributed by atoms with Gasteiger partial charge in [0.2, 0.25) is 0 Å². The van der Waals surface area contributed by atoms with Crippen LogP contribution in [0.4, 0.5) is 5.69 Å². The van der Waals surface area contributed by atoms with Gasteiger partial charge in [-0.2, -0.15) is 0 Å². The Morgan fingerprint density at radius 3 is 2.58 bits per heavy atom. The van der Waals surface area contributed by atoms with Crippen LogP contribution in [0.1, 0.15) is 39.2 Å². The Kier molecular flexibility index (Phi) is 5.94. The summed E-state index contributed by atoms with van der Waals surface area (Å²) in [5.74, 6) is -0.689. The summed E-state index contributed by atoms with van der Waals surface area (Å²) in [6, 6.07) is 5.20. The molecule has 0 radical (unpaired) electrons. The first-order valence-electron chi connectivity index (χ1n) is 7.63. The maximum absolute atomic E-state index is 12.1. The Balaban J connectivity index is 2.12. The minimum Gasteiger partial charge on any atom is -0.487 e. The van der Waals surface area contributed by atoms with E-state index >= 15 is 0 Å². The lowest BCUT2D eigenvalue weighted by molar-refractivity contribution is -0.385. The van der Waals surface area contributed by atoms with E-state index in [1.54, 1.807) is 13.8 Å². The van der Waals surface area contributed by atoms with Crippen LogP contribution in [0.5, 0.6) is 5.75 Å². The van der Waals surface area contributed by atoms with E-state index in [2.05, 4.69) is 4.74 Å².